The van der Waals surface area contributed by atoms with Gasteiger partial charge in [0.05, 0.1) is 17.6 Å². The number of carbonyl (C=O) groups excluding carboxylic acids is 1. The third-order valence-corrected chi connectivity index (χ3v) is 3.85. The van der Waals surface area contributed by atoms with Crippen molar-refractivity contribution in [3.05, 3.63) is 81.4 Å². The summed E-state index contributed by atoms with van der Waals surface area (Å²) in [5.41, 5.74) is 3.37. The van der Waals surface area contributed by atoms with E-state index in [0.717, 1.165) is 4.90 Å². The van der Waals surface area contributed by atoms with Gasteiger partial charge in [0.25, 0.3) is 5.69 Å². The number of rotatable bonds is 7. The summed E-state index contributed by atoms with van der Waals surface area (Å²) in [6, 6.07) is 12.8. The molecule has 0 unspecified atom stereocenters. The lowest BCUT2D eigenvalue weighted by molar-refractivity contribution is -0.384. The Morgan fingerprint density at radius 1 is 1.20 bits per heavy atom. The first kappa shape index (κ1) is 18.3. The minimum absolute atomic E-state index is 0.0503. The molecular formula is C18H15NO5S. The highest BCUT2D eigenvalue weighted by molar-refractivity contribution is 8.02. The lowest BCUT2D eigenvalue weighted by Crippen LogP contribution is -2.04. The van der Waals surface area contributed by atoms with Gasteiger partial charge in [-0.3, -0.25) is 10.1 Å². The van der Waals surface area contributed by atoms with E-state index in [4.69, 9.17) is 9.47 Å². The average molecular weight is 357 g/mol. The van der Waals surface area contributed by atoms with Crippen molar-refractivity contribution in [3.63, 3.8) is 0 Å². The molecule has 0 aliphatic carbocycles. The van der Waals surface area contributed by atoms with Crippen molar-refractivity contribution in [1.82, 2.24) is 0 Å². The highest BCUT2D eigenvalue weighted by Crippen LogP contribution is 2.21. The first-order chi connectivity index (χ1) is 12.1. The topological polar surface area (TPSA) is 78.7 Å². The van der Waals surface area contributed by atoms with Crippen molar-refractivity contribution < 1.29 is 19.2 Å². The van der Waals surface area contributed by atoms with Crippen LogP contribution in [-0.2, 0) is 4.74 Å². The predicted octanol–water partition coefficient (Wildman–Crippen LogP) is 4.22. The molecule has 0 aromatic heterocycles. The molecule has 0 saturated heterocycles. The molecular weight excluding hydrogens is 342 g/mol. The van der Waals surface area contributed by atoms with Gasteiger partial charge in [0.15, 0.2) is 0 Å². The van der Waals surface area contributed by atoms with Crippen LogP contribution in [0, 0.1) is 10.1 Å². The maximum atomic E-state index is 11.8. The van der Waals surface area contributed by atoms with Crippen LogP contribution in [0.3, 0.4) is 0 Å². The minimum Gasteiger partial charge on any atom is -0.497 e. The summed E-state index contributed by atoms with van der Waals surface area (Å²) < 4.78 is 10.1. The first-order valence-corrected chi connectivity index (χ1v) is 8.10. The summed E-state index contributed by atoms with van der Waals surface area (Å²) in [5.74, 6) is 0.242. The fourth-order valence-electron chi connectivity index (χ4n) is 1.77. The summed E-state index contributed by atoms with van der Waals surface area (Å²) in [4.78, 5) is 22.8. The molecule has 0 spiro atoms. The number of benzene rings is 2. The summed E-state index contributed by atoms with van der Waals surface area (Å²) in [6.07, 6.45) is 1.58. The molecule has 128 valence electrons. The van der Waals surface area contributed by atoms with Crippen LogP contribution in [0.4, 0.5) is 5.69 Å². The van der Waals surface area contributed by atoms with Gasteiger partial charge in [0, 0.05) is 22.4 Å². The lowest BCUT2D eigenvalue weighted by atomic mass is 10.2. The zero-order valence-corrected chi connectivity index (χ0v) is 14.2. The molecule has 0 amide bonds. The number of nitrogens with zero attached hydrogens (tertiary/aromatic N) is 1. The largest absolute Gasteiger partial charge is 0.497 e. The quantitative estimate of drug-likeness (QED) is 0.243. The molecule has 0 heterocycles. The molecule has 6 nitrogen and oxygen atoms in total. The van der Waals surface area contributed by atoms with Gasteiger partial charge in [-0.1, -0.05) is 11.8 Å². The summed E-state index contributed by atoms with van der Waals surface area (Å²) in [6.45, 7) is 0.0994. The number of methoxy groups -OCH3 is 1. The Hall–Kier alpha value is -3.02. The fraction of sp³-hybridized carbons (Fsp3) is 0.111. The molecule has 25 heavy (non-hydrogen) atoms. The molecule has 0 saturated carbocycles. The van der Waals surface area contributed by atoms with E-state index in [2.05, 4.69) is 5.73 Å². The molecule has 2 aromatic rings. The number of esters is 1. The van der Waals surface area contributed by atoms with Crippen LogP contribution in [0.5, 0.6) is 5.75 Å². The molecule has 0 atom stereocenters. The lowest BCUT2D eigenvalue weighted by Gasteiger charge is -2.02. The van der Waals surface area contributed by atoms with Crippen LogP contribution in [0.1, 0.15) is 10.4 Å². The van der Waals surface area contributed by atoms with Crippen LogP contribution in [0.2, 0.25) is 0 Å². The number of non-ortho nitro benzene ring substituents is 1. The van der Waals surface area contributed by atoms with Gasteiger partial charge < -0.3 is 9.47 Å². The highest BCUT2D eigenvalue weighted by Gasteiger charge is 2.05. The van der Waals surface area contributed by atoms with Crippen LogP contribution in [-0.4, -0.2) is 24.6 Å². The Kier molecular flexibility index (Phi) is 6.83. The Morgan fingerprint density at radius 3 is 2.48 bits per heavy atom. The van der Waals surface area contributed by atoms with Gasteiger partial charge >= 0.3 is 5.97 Å². The van der Waals surface area contributed by atoms with Crippen molar-refractivity contribution in [2.45, 2.75) is 4.90 Å². The monoisotopic (exact) mass is 357 g/mol. The van der Waals surface area contributed by atoms with Crippen LogP contribution < -0.4 is 4.74 Å². The first-order valence-electron chi connectivity index (χ1n) is 7.22. The normalized spacial score (nSPS) is 9.64. The van der Waals surface area contributed by atoms with Crippen molar-refractivity contribution in [1.29, 1.82) is 0 Å². The van der Waals surface area contributed by atoms with Gasteiger partial charge in [0.2, 0.25) is 0 Å². The Balaban J connectivity index is 1.78. The van der Waals surface area contributed by atoms with E-state index in [1.54, 1.807) is 55.0 Å². The standard InChI is InChI=1S/C18H15NO5S/c1-23-16-8-4-14(5-9-16)18(20)24-12-2-3-13-25-17-10-6-15(7-11-17)19(21)22/h2,4-11,13H,12H2,1H3. The number of carbonyl (C=O) groups is 1. The van der Waals surface area contributed by atoms with Gasteiger partial charge in [-0.05, 0) is 42.5 Å². The van der Waals surface area contributed by atoms with E-state index in [1.807, 2.05) is 0 Å². The van der Waals surface area contributed by atoms with E-state index < -0.39 is 10.9 Å². The van der Waals surface area contributed by atoms with Crippen molar-refractivity contribution in [3.8, 4) is 5.75 Å². The third-order valence-electron chi connectivity index (χ3n) is 3.05. The zero-order chi connectivity index (χ0) is 18.1. The third kappa shape index (κ3) is 5.84. The molecule has 2 rings (SSSR count). The average Bonchev–Trinajstić information content (AvgIpc) is 2.64. The molecule has 0 fully saturated rings. The maximum Gasteiger partial charge on any atom is 0.338 e. The molecule has 7 heteroatoms. The van der Waals surface area contributed by atoms with Gasteiger partial charge in [-0.2, -0.15) is 0 Å². The van der Waals surface area contributed by atoms with E-state index in [-0.39, 0.29) is 12.3 Å². The van der Waals surface area contributed by atoms with E-state index in [0.29, 0.717) is 11.3 Å². The summed E-state index contributed by atoms with van der Waals surface area (Å²) in [7, 11) is 1.55. The number of thioether (sulfide) groups is 1. The summed E-state index contributed by atoms with van der Waals surface area (Å²) in [5, 5.41) is 12.2. The van der Waals surface area contributed by atoms with Crippen LogP contribution in [0.25, 0.3) is 0 Å². The molecule has 0 aliphatic heterocycles. The second kappa shape index (κ2) is 9.32. The van der Waals surface area contributed by atoms with Gasteiger partial charge in [-0.15, -0.1) is 5.73 Å². The van der Waals surface area contributed by atoms with E-state index in [9.17, 15) is 14.9 Å². The van der Waals surface area contributed by atoms with Crippen LogP contribution in [0.15, 0.2) is 70.6 Å². The number of nitro groups is 1. The van der Waals surface area contributed by atoms with Gasteiger partial charge in [-0.25, -0.2) is 4.79 Å². The van der Waals surface area contributed by atoms with Crippen molar-refractivity contribution in [2.24, 2.45) is 0 Å². The van der Waals surface area contributed by atoms with E-state index >= 15 is 0 Å². The molecule has 0 aliphatic rings. The number of hydrogen-bond acceptors (Lipinski definition) is 6. The zero-order valence-electron chi connectivity index (χ0n) is 13.4. The summed E-state index contributed by atoms with van der Waals surface area (Å²) >= 11 is 1.36. The molecule has 0 radical (unpaired) electrons. The van der Waals surface area contributed by atoms with Gasteiger partial charge in [0.1, 0.15) is 12.4 Å². The Morgan fingerprint density at radius 2 is 1.88 bits per heavy atom. The van der Waals surface area contributed by atoms with E-state index in [1.165, 1.54) is 23.9 Å². The smallest absolute Gasteiger partial charge is 0.338 e. The molecule has 2 aromatic carbocycles. The van der Waals surface area contributed by atoms with Crippen LogP contribution >= 0.6 is 11.8 Å². The second-order valence-electron chi connectivity index (χ2n) is 4.68. The number of hydrogen-bond donors (Lipinski definition) is 0. The highest BCUT2D eigenvalue weighted by atomic mass is 32.2. The number of ether oxygens (including phenoxy) is 2. The van der Waals surface area contributed by atoms with Crippen molar-refractivity contribution >= 4 is 23.4 Å². The SMILES string of the molecule is COc1ccc(C(=O)OCC=C=CSc2ccc([N+](=O)[O-])cc2)cc1. The molecule has 0 bridgehead atoms. The maximum absolute atomic E-state index is 11.8. The fourth-order valence-corrected chi connectivity index (χ4v) is 2.37. The second-order valence-corrected chi connectivity index (χ2v) is 5.63. The predicted molar refractivity (Wildman–Crippen MR) is 94.9 cm³/mol. The Bertz CT molecular complexity index is 793. The number of nitro benzene ring substituents is 1. The Labute approximate surface area is 148 Å². The molecule has 0 N–H and O–H groups in total. The minimum atomic E-state index is -0.443. The van der Waals surface area contributed by atoms with Crippen molar-refractivity contribution in [2.75, 3.05) is 13.7 Å².